The van der Waals surface area contributed by atoms with Gasteiger partial charge in [-0.1, -0.05) is 29.8 Å². The molecule has 0 aliphatic carbocycles. The number of amidine groups is 1. The molecule has 5 rings (SSSR count). The Labute approximate surface area is 171 Å². The van der Waals surface area contributed by atoms with Crippen molar-refractivity contribution < 1.29 is 4.74 Å². The third-order valence-corrected chi connectivity index (χ3v) is 5.08. The van der Waals surface area contributed by atoms with E-state index < -0.39 is 0 Å². The Morgan fingerprint density at radius 1 is 1.07 bits per heavy atom. The van der Waals surface area contributed by atoms with E-state index in [2.05, 4.69) is 51.5 Å². The third-order valence-electron chi connectivity index (χ3n) is 5.08. The van der Waals surface area contributed by atoms with E-state index in [4.69, 9.17) is 4.74 Å². The highest BCUT2D eigenvalue weighted by molar-refractivity contribution is 5.85. The van der Waals surface area contributed by atoms with E-state index in [0.717, 1.165) is 49.8 Å². The summed E-state index contributed by atoms with van der Waals surface area (Å²) in [5, 5.41) is 3.39. The Morgan fingerprint density at radius 2 is 1.93 bits per heavy atom. The van der Waals surface area contributed by atoms with Gasteiger partial charge in [0.15, 0.2) is 0 Å². The first-order chi connectivity index (χ1) is 14.3. The zero-order valence-corrected chi connectivity index (χ0v) is 16.7. The summed E-state index contributed by atoms with van der Waals surface area (Å²) in [7, 11) is 0. The number of aliphatic imine (C=N–C) groups is 1. The second-order valence-corrected chi connectivity index (χ2v) is 7.23. The molecule has 5 nitrogen and oxygen atoms in total. The lowest BCUT2D eigenvalue weighted by Gasteiger charge is -2.20. The molecule has 1 aromatic carbocycles. The van der Waals surface area contributed by atoms with Crippen molar-refractivity contribution in [2.75, 3.05) is 19.7 Å². The Kier molecular flexibility index (Phi) is 6.15. The molecule has 0 spiro atoms. The molecule has 2 aromatic heterocycles. The number of hydrogen-bond donors (Lipinski definition) is 1. The predicted molar refractivity (Wildman–Crippen MR) is 116 cm³/mol. The first kappa shape index (κ1) is 19.1. The molecule has 1 N–H and O–H groups in total. The smallest absolute Gasteiger partial charge is 0.126 e. The topological polar surface area (TPSA) is 59.4 Å². The molecule has 2 aliphatic rings. The summed E-state index contributed by atoms with van der Waals surface area (Å²) in [4.78, 5) is 13.0. The molecule has 0 bridgehead atoms. The molecule has 0 radical (unpaired) electrons. The lowest BCUT2D eigenvalue weighted by molar-refractivity contribution is 0.352. The summed E-state index contributed by atoms with van der Waals surface area (Å²) in [5.74, 6) is 2.31. The molecule has 148 valence electrons. The van der Waals surface area contributed by atoms with Crippen LogP contribution in [-0.2, 0) is 6.42 Å². The van der Waals surface area contributed by atoms with Gasteiger partial charge in [-0.3, -0.25) is 15.0 Å². The summed E-state index contributed by atoms with van der Waals surface area (Å²) in [6.45, 7) is 4.74. The normalized spacial score (nSPS) is 15.3. The van der Waals surface area contributed by atoms with Crippen LogP contribution in [0.15, 0.2) is 72.1 Å². The van der Waals surface area contributed by atoms with Crippen molar-refractivity contribution in [1.82, 2.24) is 15.3 Å². The van der Waals surface area contributed by atoms with Crippen molar-refractivity contribution >= 4 is 5.84 Å². The Balaban J connectivity index is 0.000000294. The number of pyridine rings is 2. The zero-order valence-electron chi connectivity index (χ0n) is 16.7. The van der Waals surface area contributed by atoms with Gasteiger partial charge in [-0.25, -0.2) is 0 Å². The number of fused-ring (bicyclic) bond motifs is 1. The molecule has 3 aromatic rings. The average Bonchev–Trinajstić information content (AvgIpc) is 3.46. The Morgan fingerprint density at radius 3 is 2.59 bits per heavy atom. The maximum absolute atomic E-state index is 5.96. The van der Waals surface area contributed by atoms with E-state index in [9.17, 15) is 0 Å². The van der Waals surface area contributed by atoms with E-state index in [-0.39, 0.29) is 5.92 Å². The molecule has 29 heavy (non-hydrogen) atoms. The van der Waals surface area contributed by atoms with Crippen LogP contribution in [0.25, 0.3) is 0 Å². The summed E-state index contributed by atoms with van der Waals surface area (Å²) < 4.78 is 5.96. The molecule has 0 fully saturated rings. The quantitative estimate of drug-likeness (QED) is 0.738. The zero-order chi connectivity index (χ0) is 19.9. The first-order valence-electron chi connectivity index (χ1n) is 10.1. The molecule has 0 saturated heterocycles. The van der Waals surface area contributed by atoms with Gasteiger partial charge < -0.3 is 10.1 Å². The van der Waals surface area contributed by atoms with Crippen LogP contribution in [0.4, 0.5) is 0 Å². The van der Waals surface area contributed by atoms with E-state index in [0.29, 0.717) is 0 Å². The standard InChI is InChI=1S/C19H21N3O.C5H5N/c1-13-10-14-5-9-23-19(14)16(11-13)15(12-18-21-7-8-22-18)17-4-2-3-6-20-17;1-2-4-6-5-3-1/h2-4,6,10-11,15H,5,7-9,12H2,1H3,(H,21,22);1-5H. The minimum atomic E-state index is 0.173. The number of hydrogen-bond acceptors (Lipinski definition) is 5. The number of rotatable bonds is 4. The summed E-state index contributed by atoms with van der Waals surface area (Å²) in [5.41, 5.74) is 4.92. The molecule has 5 heteroatoms. The van der Waals surface area contributed by atoms with Gasteiger partial charge in [0.05, 0.1) is 19.0 Å². The first-order valence-corrected chi connectivity index (χ1v) is 10.1. The lowest BCUT2D eigenvalue weighted by Crippen LogP contribution is -2.22. The molecule has 1 unspecified atom stereocenters. The number of aromatic nitrogens is 2. The van der Waals surface area contributed by atoms with Crippen LogP contribution in [0.2, 0.25) is 0 Å². The molecule has 1 atom stereocenters. The minimum Gasteiger partial charge on any atom is -0.493 e. The van der Waals surface area contributed by atoms with Gasteiger partial charge in [-0.05, 0) is 36.8 Å². The highest BCUT2D eigenvalue weighted by Crippen LogP contribution is 2.39. The van der Waals surface area contributed by atoms with Gasteiger partial charge in [0, 0.05) is 55.2 Å². The molecular formula is C24H26N4O. The fourth-order valence-electron chi connectivity index (χ4n) is 3.81. The monoisotopic (exact) mass is 386 g/mol. The van der Waals surface area contributed by atoms with Crippen molar-refractivity contribution in [3.63, 3.8) is 0 Å². The van der Waals surface area contributed by atoms with Gasteiger partial charge >= 0.3 is 0 Å². The van der Waals surface area contributed by atoms with Crippen LogP contribution in [-0.4, -0.2) is 35.5 Å². The fraction of sp³-hybridized carbons (Fsp3) is 0.292. The van der Waals surface area contributed by atoms with Crippen molar-refractivity contribution in [2.24, 2.45) is 4.99 Å². The average molecular weight is 386 g/mol. The van der Waals surface area contributed by atoms with Crippen LogP contribution in [0, 0.1) is 6.92 Å². The lowest BCUT2D eigenvalue weighted by atomic mass is 9.88. The summed E-state index contributed by atoms with van der Waals surface area (Å²) in [6, 6.07) is 16.3. The maximum Gasteiger partial charge on any atom is 0.126 e. The number of nitrogens with one attached hydrogen (secondary N) is 1. The van der Waals surface area contributed by atoms with Gasteiger partial charge in [-0.15, -0.1) is 0 Å². The van der Waals surface area contributed by atoms with Crippen LogP contribution < -0.4 is 10.1 Å². The second kappa shape index (κ2) is 9.32. The van der Waals surface area contributed by atoms with Gasteiger partial charge in [0.2, 0.25) is 0 Å². The highest BCUT2D eigenvalue weighted by atomic mass is 16.5. The highest BCUT2D eigenvalue weighted by Gasteiger charge is 2.26. The van der Waals surface area contributed by atoms with Crippen LogP contribution in [0.1, 0.15) is 34.7 Å². The Hall–Kier alpha value is -3.21. The fourth-order valence-corrected chi connectivity index (χ4v) is 3.81. The minimum absolute atomic E-state index is 0.173. The number of benzene rings is 1. The SMILES string of the molecule is Cc1cc2c(c(C(CC3=NCCN3)c3ccccn3)c1)OCC2.c1ccncc1. The van der Waals surface area contributed by atoms with Gasteiger partial charge in [0.1, 0.15) is 5.75 Å². The number of nitrogens with zero attached hydrogens (tertiary/aromatic N) is 3. The number of aryl methyl sites for hydroxylation is 1. The van der Waals surface area contributed by atoms with Crippen LogP contribution >= 0.6 is 0 Å². The van der Waals surface area contributed by atoms with Gasteiger partial charge in [0.25, 0.3) is 0 Å². The number of ether oxygens (including phenoxy) is 1. The van der Waals surface area contributed by atoms with E-state index >= 15 is 0 Å². The van der Waals surface area contributed by atoms with Crippen molar-refractivity contribution in [3.05, 3.63) is 89.5 Å². The van der Waals surface area contributed by atoms with E-state index in [1.54, 1.807) is 12.4 Å². The maximum atomic E-state index is 5.96. The van der Waals surface area contributed by atoms with Crippen molar-refractivity contribution in [3.8, 4) is 5.75 Å². The Bertz CT molecular complexity index is 931. The van der Waals surface area contributed by atoms with Gasteiger partial charge in [-0.2, -0.15) is 0 Å². The molecular weight excluding hydrogens is 360 g/mol. The van der Waals surface area contributed by atoms with Crippen LogP contribution in [0.3, 0.4) is 0 Å². The molecule has 0 saturated carbocycles. The summed E-state index contributed by atoms with van der Waals surface area (Å²) in [6.07, 6.45) is 7.21. The predicted octanol–water partition coefficient (Wildman–Crippen LogP) is 3.93. The molecule has 4 heterocycles. The van der Waals surface area contributed by atoms with E-state index in [1.165, 1.54) is 16.7 Å². The summed E-state index contributed by atoms with van der Waals surface area (Å²) >= 11 is 0. The van der Waals surface area contributed by atoms with Crippen molar-refractivity contribution in [2.45, 2.75) is 25.7 Å². The second-order valence-electron chi connectivity index (χ2n) is 7.23. The third kappa shape index (κ3) is 4.80. The van der Waals surface area contributed by atoms with Crippen LogP contribution in [0.5, 0.6) is 5.75 Å². The largest absolute Gasteiger partial charge is 0.493 e. The molecule has 2 aliphatic heterocycles. The van der Waals surface area contributed by atoms with Crippen molar-refractivity contribution in [1.29, 1.82) is 0 Å². The van der Waals surface area contributed by atoms with E-state index in [1.807, 2.05) is 30.5 Å². The molecule has 0 amide bonds.